The van der Waals surface area contributed by atoms with E-state index in [0.29, 0.717) is 0 Å². The summed E-state index contributed by atoms with van der Waals surface area (Å²) >= 11 is 0. The maximum atomic E-state index is 8.36. The van der Waals surface area contributed by atoms with Gasteiger partial charge in [-0.3, -0.25) is 4.90 Å². The lowest BCUT2D eigenvalue weighted by Gasteiger charge is -2.23. The molecule has 0 aliphatic carbocycles. The number of hydrogen-bond acceptors (Lipinski definition) is 2. The van der Waals surface area contributed by atoms with E-state index in [9.17, 15) is 0 Å². The molecule has 1 heterocycles. The zero-order valence-corrected chi connectivity index (χ0v) is 7.84. The number of aliphatic hydroxyl groups is 1. The SMILES string of the molecule is OCC#CC#CCN1CCCCC1. The first-order valence-electron chi connectivity index (χ1n) is 4.72. The highest BCUT2D eigenvalue weighted by Gasteiger charge is 2.07. The van der Waals surface area contributed by atoms with E-state index in [-0.39, 0.29) is 6.61 Å². The largest absolute Gasteiger partial charge is 0.384 e. The molecule has 13 heavy (non-hydrogen) atoms. The molecule has 2 nitrogen and oxygen atoms in total. The Hall–Kier alpha value is -0.960. The van der Waals surface area contributed by atoms with Crippen molar-refractivity contribution in [1.82, 2.24) is 4.90 Å². The van der Waals surface area contributed by atoms with Gasteiger partial charge in [0.15, 0.2) is 0 Å². The summed E-state index contributed by atoms with van der Waals surface area (Å²) in [6.45, 7) is 3.06. The fraction of sp³-hybridized carbons (Fsp3) is 0.636. The molecule has 1 saturated heterocycles. The van der Waals surface area contributed by atoms with E-state index in [0.717, 1.165) is 6.54 Å². The van der Waals surface area contributed by atoms with E-state index < -0.39 is 0 Å². The van der Waals surface area contributed by atoms with Gasteiger partial charge in [0.25, 0.3) is 0 Å². The Morgan fingerprint density at radius 3 is 2.38 bits per heavy atom. The Balaban J connectivity index is 2.18. The molecule has 1 aliphatic heterocycles. The zero-order chi connectivity index (χ0) is 9.36. The number of nitrogens with zero attached hydrogens (tertiary/aromatic N) is 1. The Labute approximate surface area is 79.9 Å². The predicted octanol–water partition coefficient (Wildman–Crippen LogP) is 0.471. The van der Waals surface area contributed by atoms with Crippen LogP contribution in [0.25, 0.3) is 0 Å². The lowest BCUT2D eigenvalue weighted by atomic mass is 10.1. The minimum atomic E-state index is -0.0988. The quantitative estimate of drug-likeness (QED) is 0.589. The molecule has 0 aromatic rings. The van der Waals surface area contributed by atoms with E-state index in [4.69, 9.17) is 5.11 Å². The first-order valence-corrected chi connectivity index (χ1v) is 4.72. The van der Waals surface area contributed by atoms with Crippen LogP contribution in [0.2, 0.25) is 0 Å². The van der Waals surface area contributed by atoms with Crippen LogP contribution >= 0.6 is 0 Å². The summed E-state index contributed by atoms with van der Waals surface area (Å²) in [5.41, 5.74) is 0. The summed E-state index contributed by atoms with van der Waals surface area (Å²) in [6.07, 6.45) is 3.95. The molecule has 0 saturated carbocycles. The second kappa shape index (κ2) is 6.54. The number of hydrogen-bond donors (Lipinski definition) is 1. The van der Waals surface area contributed by atoms with Gasteiger partial charge in [0, 0.05) is 0 Å². The predicted molar refractivity (Wildman–Crippen MR) is 52.9 cm³/mol. The lowest BCUT2D eigenvalue weighted by molar-refractivity contribution is 0.255. The molecular weight excluding hydrogens is 162 g/mol. The van der Waals surface area contributed by atoms with E-state index >= 15 is 0 Å². The molecule has 1 rings (SSSR count). The Kier molecular flexibility index (Phi) is 5.10. The molecule has 0 aromatic carbocycles. The topological polar surface area (TPSA) is 23.5 Å². The van der Waals surface area contributed by atoms with Gasteiger partial charge < -0.3 is 5.11 Å². The molecule has 70 valence electrons. The first-order chi connectivity index (χ1) is 6.43. The van der Waals surface area contributed by atoms with Gasteiger partial charge in [0.05, 0.1) is 6.54 Å². The van der Waals surface area contributed by atoms with Crippen molar-refractivity contribution in [2.75, 3.05) is 26.2 Å². The van der Waals surface area contributed by atoms with Crippen LogP contribution in [0.5, 0.6) is 0 Å². The van der Waals surface area contributed by atoms with Crippen LogP contribution in [-0.4, -0.2) is 36.2 Å². The summed E-state index contributed by atoms with van der Waals surface area (Å²) in [5, 5.41) is 8.36. The molecule has 1 N–H and O–H groups in total. The average Bonchev–Trinajstić information content (AvgIpc) is 2.19. The molecule has 0 radical (unpaired) electrons. The highest BCUT2D eigenvalue weighted by atomic mass is 16.2. The van der Waals surface area contributed by atoms with Crippen molar-refractivity contribution in [3.63, 3.8) is 0 Å². The van der Waals surface area contributed by atoms with E-state index in [1.807, 2.05) is 0 Å². The summed E-state index contributed by atoms with van der Waals surface area (Å²) in [6, 6.07) is 0. The normalized spacial score (nSPS) is 16.7. The monoisotopic (exact) mass is 177 g/mol. The minimum Gasteiger partial charge on any atom is -0.384 e. The van der Waals surface area contributed by atoms with Crippen molar-refractivity contribution in [1.29, 1.82) is 0 Å². The standard InChI is InChI=1S/C11H15NO/c13-11-7-2-1-4-8-12-9-5-3-6-10-12/h13H,3,5-6,8-11H2. The third-order valence-corrected chi connectivity index (χ3v) is 2.07. The third-order valence-electron chi connectivity index (χ3n) is 2.07. The highest BCUT2D eigenvalue weighted by molar-refractivity contribution is 5.26. The second-order valence-corrected chi connectivity index (χ2v) is 3.10. The van der Waals surface area contributed by atoms with Crippen LogP contribution in [0.3, 0.4) is 0 Å². The third kappa shape index (κ3) is 4.58. The van der Waals surface area contributed by atoms with Crippen LogP contribution in [0.1, 0.15) is 19.3 Å². The molecule has 2 heteroatoms. The van der Waals surface area contributed by atoms with Gasteiger partial charge in [-0.05, 0) is 37.8 Å². The highest BCUT2D eigenvalue weighted by Crippen LogP contribution is 2.06. The molecule has 0 spiro atoms. The maximum absolute atomic E-state index is 8.36. The molecule has 0 unspecified atom stereocenters. The summed E-state index contributed by atoms with van der Waals surface area (Å²) in [5.74, 6) is 10.8. The number of piperidine rings is 1. The van der Waals surface area contributed by atoms with Crippen molar-refractivity contribution in [3.8, 4) is 23.7 Å². The van der Waals surface area contributed by atoms with E-state index in [1.54, 1.807) is 0 Å². The van der Waals surface area contributed by atoms with Crippen molar-refractivity contribution >= 4 is 0 Å². The van der Waals surface area contributed by atoms with Crippen LogP contribution in [0, 0.1) is 23.7 Å². The van der Waals surface area contributed by atoms with E-state index in [2.05, 4.69) is 28.6 Å². The van der Waals surface area contributed by atoms with Gasteiger partial charge in [-0.25, -0.2) is 0 Å². The lowest BCUT2D eigenvalue weighted by Crippen LogP contribution is -2.29. The number of likely N-dealkylation sites (tertiary alicyclic amines) is 1. The van der Waals surface area contributed by atoms with Crippen molar-refractivity contribution in [2.45, 2.75) is 19.3 Å². The minimum absolute atomic E-state index is 0.0988. The van der Waals surface area contributed by atoms with Crippen molar-refractivity contribution < 1.29 is 5.11 Å². The van der Waals surface area contributed by atoms with Crippen LogP contribution < -0.4 is 0 Å². The summed E-state index contributed by atoms with van der Waals surface area (Å²) < 4.78 is 0. The fourth-order valence-corrected chi connectivity index (χ4v) is 1.40. The van der Waals surface area contributed by atoms with Gasteiger partial charge in [-0.1, -0.05) is 18.3 Å². The molecular formula is C11H15NO. The van der Waals surface area contributed by atoms with Gasteiger partial charge >= 0.3 is 0 Å². The Morgan fingerprint density at radius 2 is 1.69 bits per heavy atom. The van der Waals surface area contributed by atoms with Crippen LogP contribution in [0.4, 0.5) is 0 Å². The summed E-state index contributed by atoms with van der Waals surface area (Å²) in [4.78, 5) is 2.34. The van der Waals surface area contributed by atoms with Crippen molar-refractivity contribution in [2.24, 2.45) is 0 Å². The molecule has 0 atom stereocenters. The molecule has 0 bridgehead atoms. The first kappa shape index (κ1) is 10.1. The van der Waals surface area contributed by atoms with Gasteiger partial charge in [0.1, 0.15) is 6.61 Å². The smallest absolute Gasteiger partial charge is 0.105 e. The van der Waals surface area contributed by atoms with Gasteiger partial charge in [-0.15, -0.1) is 0 Å². The van der Waals surface area contributed by atoms with E-state index in [1.165, 1.54) is 32.4 Å². The number of aliphatic hydroxyl groups excluding tert-OH is 1. The molecule has 0 amide bonds. The average molecular weight is 177 g/mol. The van der Waals surface area contributed by atoms with Crippen LogP contribution in [0.15, 0.2) is 0 Å². The van der Waals surface area contributed by atoms with Crippen molar-refractivity contribution in [3.05, 3.63) is 0 Å². The number of rotatable bonds is 1. The molecule has 1 aliphatic rings. The Bertz CT molecular complexity index is 245. The molecule has 1 fully saturated rings. The van der Waals surface area contributed by atoms with Gasteiger partial charge in [0.2, 0.25) is 0 Å². The second-order valence-electron chi connectivity index (χ2n) is 3.10. The summed E-state index contributed by atoms with van der Waals surface area (Å²) in [7, 11) is 0. The van der Waals surface area contributed by atoms with Crippen LogP contribution in [-0.2, 0) is 0 Å². The fourth-order valence-electron chi connectivity index (χ4n) is 1.40. The zero-order valence-electron chi connectivity index (χ0n) is 7.84. The van der Waals surface area contributed by atoms with Gasteiger partial charge in [-0.2, -0.15) is 0 Å². The Morgan fingerprint density at radius 1 is 1.00 bits per heavy atom. The molecule has 0 aromatic heterocycles. The maximum Gasteiger partial charge on any atom is 0.105 e.